The fourth-order valence-electron chi connectivity index (χ4n) is 1.55. The second-order valence-corrected chi connectivity index (χ2v) is 3.60. The van der Waals surface area contributed by atoms with Crippen LogP contribution in [0.1, 0.15) is 13.8 Å². The average Bonchev–Trinajstić information content (AvgIpc) is 2.49. The van der Waals surface area contributed by atoms with Crippen molar-refractivity contribution in [3.8, 4) is 0 Å². The lowest BCUT2D eigenvalue weighted by molar-refractivity contribution is -0.139. The molecule has 0 amide bonds. The van der Waals surface area contributed by atoms with E-state index in [1.807, 2.05) is 13.8 Å². The zero-order chi connectivity index (χ0) is 9.35. The van der Waals surface area contributed by atoms with Crippen molar-refractivity contribution in [2.45, 2.75) is 13.8 Å². The molecule has 4 heteroatoms. The minimum absolute atomic E-state index is 0.00921. The maximum absolute atomic E-state index is 10.6. The third-order valence-electron chi connectivity index (χ3n) is 2.50. The van der Waals surface area contributed by atoms with Gasteiger partial charge in [0.1, 0.15) is 7.11 Å². The zero-order valence-electron chi connectivity index (χ0n) is 7.44. The molecule has 0 aromatic rings. The number of hydrogen-bond donors (Lipinski definition) is 1. The monoisotopic (exact) mass is 171 g/mol. The summed E-state index contributed by atoms with van der Waals surface area (Å²) in [5.41, 5.74) is -0.173. The molecule has 0 aromatic heterocycles. The molecule has 0 heterocycles. The summed E-state index contributed by atoms with van der Waals surface area (Å²) < 4.78 is 0. The molecular formula is C8H13NO3. The van der Waals surface area contributed by atoms with E-state index >= 15 is 0 Å². The highest BCUT2D eigenvalue weighted by molar-refractivity contribution is 5.84. The first kappa shape index (κ1) is 9.03. The first-order valence-electron chi connectivity index (χ1n) is 3.81. The van der Waals surface area contributed by atoms with Crippen molar-refractivity contribution in [1.29, 1.82) is 0 Å². The smallest absolute Gasteiger partial charge is 0.307 e. The highest BCUT2D eigenvalue weighted by Crippen LogP contribution is 2.57. The summed E-state index contributed by atoms with van der Waals surface area (Å²) in [6.07, 6.45) is 1.57. The van der Waals surface area contributed by atoms with E-state index in [0.29, 0.717) is 0 Å². The van der Waals surface area contributed by atoms with Crippen molar-refractivity contribution in [2.24, 2.45) is 22.4 Å². The van der Waals surface area contributed by atoms with Gasteiger partial charge in [0.05, 0.1) is 5.92 Å². The summed E-state index contributed by atoms with van der Waals surface area (Å²) in [6, 6.07) is 0. The van der Waals surface area contributed by atoms with E-state index in [0.717, 1.165) is 0 Å². The van der Waals surface area contributed by atoms with E-state index in [-0.39, 0.29) is 17.3 Å². The van der Waals surface area contributed by atoms with Gasteiger partial charge in [0.2, 0.25) is 0 Å². The van der Waals surface area contributed by atoms with Gasteiger partial charge in [-0.05, 0) is 5.41 Å². The van der Waals surface area contributed by atoms with Crippen LogP contribution in [0, 0.1) is 17.3 Å². The van der Waals surface area contributed by atoms with Gasteiger partial charge in [-0.2, -0.15) is 0 Å². The molecule has 0 aliphatic heterocycles. The third-order valence-corrected chi connectivity index (χ3v) is 2.50. The van der Waals surface area contributed by atoms with Crippen LogP contribution in [0.5, 0.6) is 0 Å². The number of nitrogens with zero attached hydrogens (tertiary/aromatic N) is 1. The van der Waals surface area contributed by atoms with Crippen LogP contribution >= 0.6 is 0 Å². The predicted molar refractivity (Wildman–Crippen MR) is 43.9 cm³/mol. The Hall–Kier alpha value is -1.06. The molecule has 1 fully saturated rings. The molecule has 0 aromatic carbocycles. The van der Waals surface area contributed by atoms with Crippen molar-refractivity contribution < 1.29 is 14.7 Å². The molecule has 0 radical (unpaired) electrons. The molecule has 0 spiro atoms. The Labute approximate surface area is 71.2 Å². The molecule has 2 unspecified atom stereocenters. The minimum atomic E-state index is -0.757. The third kappa shape index (κ3) is 1.29. The molecule has 1 aliphatic carbocycles. The van der Waals surface area contributed by atoms with E-state index in [4.69, 9.17) is 5.11 Å². The number of carboxylic acids is 1. The number of oxime groups is 1. The molecule has 2 atom stereocenters. The maximum Gasteiger partial charge on any atom is 0.307 e. The molecule has 1 N–H and O–H groups in total. The van der Waals surface area contributed by atoms with Crippen LogP contribution in [0.25, 0.3) is 0 Å². The van der Waals surface area contributed by atoms with Crippen LogP contribution in [0.4, 0.5) is 0 Å². The van der Waals surface area contributed by atoms with E-state index in [2.05, 4.69) is 9.99 Å². The summed E-state index contributed by atoms with van der Waals surface area (Å²) in [6.45, 7) is 3.83. The van der Waals surface area contributed by atoms with E-state index in [1.54, 1.807) is 6.21 Å². The number of carbonyl (C=O) groups is 1. The molecule has 1 saturated carbocycles. The lowest BCUT2D eigenvalue weighted by Crippen LogP contribution is -2.03. The molecular weight excluding hydrogens is 158 g/mol. The standard InChI is InChI=1S/C8H13NO3/c1-8(2)5(4-9-12-3)6(8)7(10)11/h4-6H,1-3H3,(H,10,11). The largest absolute Gasteiger partial charge is 0.481 e. The van der Waals surface area contributed by atoms with Gasteiger partial charge in [-0.15, -0.1) is 0 Å². The van der Waals surface area contributed by atoms with Gasteiger partial charge in [-0.3, -0.25) is 4.79 Å². The second kappa shape index (κ2) is 2.77. The first-order valence-corrected chi connectivity index (χ1v) is 3.81. The first-order chi connectivity index (χ1) is 5.51. The molecule has 1 rings (SSSR count). The summed E-state index contributed by atoms with van der Waals surface area (Å²) in [4.78, 5) is 15.1. The highest BCUT2D eigenvalue weighted by atomic mass is 16.6. The average molecular weight is 171 g/mol. The Morgan fingerprint density at radius 3 is 2.58 bits per heavy atom. The summed E-state index contributed by atoms with van der Waals surface area (Å²) in [5, 5.41) is 12.3. The lowest BCUT2D eigenvalue weighted by Gasteiger charge is -1.95. The van der Waals surface area contributed by atoms with Gasteiger partial charge in [0.25, 0.3) is 0 Å². The Kier molecular flexibility index (Phi) is 2.08. The van der Waals surface area contributed by atoms with Crippen molar-refractivity contribution in [3.63, 3.8) is 0 Å². The van der Waals surface area contributed by atoms with Gasteiger partial charge in [0, 0.05) is 12.1 Å². The second-order valence-electron chi connectivity index (χ2n) is 3.60. The normalized spacial score (nSPS) is 31.9. The zero-order valence-corrected chi connectivity index (χ0v) is 7.44. The molecule has 0 saturated heterocycles. The van der Waals surface area contributed by atoms with Crippen LogP contribution in [-0.4, -0.2) is 24.4 Å². The highest BCUT2D eigenvalue weighted by Gasteiger charge is 2.61. The van der Waals surface area contributed by atoms with Crippen molar-refractivity contribution in [3.05, 3.63) is 0 Å². The SMILES string of the molecule is CON=CC1C(C(=O)O)C1(C)C. The van der Waals surface area contributed by atoms with E-state index < -0.39 is 5.97 Å². The minimum Gasteiger partial charge on any atom is -0.481 e. The predicted octanol–water partition coefficient (Wildman–Crippen LogP) is 0.975. The lowest BCUT2D eigenvalue weighted by atomic mass is 10.1. The quantitative estimate of drug-likeness (QED) is 0.508. The van der Waals surface area contributed by atoms with Crippen LogP contribution in [0.3, 0.4) is 0 Å². The molecule has 0 bridgehead atoms. The Morgan fingerprint density at radius 2 is 2.25 bits per heavy atom. The fraction of sp³-hybridized carbons (Fsp3) is 0.750. The van der Waals surface area contributed by atoms with Gasteiger partial charge < -0.3 is 9.94 Å². The molecule has 12 heavy (non-hydrogen) atoms. The van der Waals surface area contributed by atoms with Crippen LogP contribution in [0.15, 0.2) is 5.16 Å². The van der Waals surface area contributed by atoms with Crippen molar-refractivity contribution in [1.82, 2.24) is 0 Å². The van der Waals surface area contributed by atoms with Crippen LogP contribution in [-0.2, 0) is 9.63 Å². The molecule has 4 nitrogen and oxygen atoms in total. The number of aliphatic carboxylic acids is 1. The summed E-state index contributed by atoms with van der Waals surface area (Å²) >= 11 is 0. The topological polar surface area (TPSA) is 58.9 Å². The molecule has 1 aliphatic rings. The number of rotatable bonds is 3. The maximum atomic E-state index is 10.6. The van der Waals surface area contributed by atoms with Crippen LogP contribution in [0.2, 0.25) is 0 Å². The number of carboxylic acid groups (broad SMARTS) is 1. The summed E-state index contributed by atoms with van der Waals surface area (Å²) in [7, 11) is 1.45. The molecule has 68 valence electrons. The van der Waals surface area contributed by atoms with Crippen LogP contribution < -0.4 is 0 Å². The number of hydrogen-bond acceptors (Lipinski definition) is 3. The van der Waals surface area contributed by atoms with E-state index in [1.165, 1.54) is 7.11 Å². The van der Waals surface area contributed by atoms with Crippen molar-refractivity contribution in [2.75, 3.05) is 7.11 Å². The Morgan fingerprint density at radius 1 is 1.67 bits per heavy atom. The summed E-state index contributed by atoms with van der Waals surface area (Å²) in [5.74, 6) is -1.06. The van der Waals surface area contributed by atoms with Crippen molar-refractivity contribution >= 4 is 12.2 Å². The van der Waals surface area contributed by atoms with Gasteiger partial charge in [-0.25, -0.2) is 0 Å². The Balaban J connectivity index is 2.60. The van der Waals surface area contributed by atoms with Gasteiger partial charge in [-0.1, -0.05) is 19.0 Å². The van der Waals surface area contributed by atoms with Gasteiger partial charge >= 0.3 is 5.97 Å². The van der Waals surface area contributed by atoms with E-state index in [9.17, 15) is 4.79 Å². The van der Waals surface area contributed by atoms with Gasteiger partial charge in [0.15, 0.2) is 0 Å². The fourth-order valence-corrected chi connectivity index (χ4v) is 1.55. The Bertz CT molecular complexity index is 222.